The van der Waals surface area contributed by atoms with Crippen molar-refractivity contribution in [3.8, 4) is 11.4 Å². The van der Waals surface area contributed by atoms with Gasteiger partial charge in [0, 0.05) is 12.7 Å². The predicted octanol–water partition coefficient (Wildman–Crippen LogP) is 3.23. The molecule has 0 fully saturated rings. The number of aromatic nitrogens is 2. The first-order chi connectivity index (χ1) is 18.2. The van der Waals surface area contributed by atoms with Gasteiger partial charge in [-0.3, -0.25) is 9.59 Å². The fourth-order valence-electron chi connectivity index (χ4n) is 5.12. The van der Waals surface area contributed by atoms with Crippen molar-refractivity contribution in [1.82, 2.24) is 15.1 Å². The molecule has 0 bridgehead atoms. The summed E-state index contributed by atoms with van der Waals surface area (Å²) in [5.41, 5.74) is 2.75. The molecule has 1 atom stereocenters. The molecule has 2 N–H and O–H groups in total. The fourth-order valence-corrected chi connectivity index (χ4v) is 5.67. The second-order valence-electron chi connectivity index (χ2n) is 9.97. The van der Waals surface area contributed by atoms with E-state index in [1.165, 1.54) is 10.7 Å². The molecule has 1 spiro atoms. The van der Waals surface area contributed by atoms with Crippen LogP contribution in [-0.4, -0.2) is 54.8 Å². The third-order valence-corrected chi connectivity index (χ3v) is 7.54. The van der Waals surface area contributed by atoms with Gasteiger partial charge in [-0.1, -0.05) is 23.8 Å². The van der Waals surface area contributed by atoms with Crippen molar-refractivity contribution >= 4 is 27.5 Å². The zero-order chi connectivity index (χ0) is 28.2. The lowest BCUT2D eigenvalue weighted by molar-refractivity contribution is -0.153. The van der Waals surface area contributed by atoms with Gasteiger partial charge in [0.25, 0.3) is 5.91 Å². The van der Waals surface area contributed by atoms with Crippen LogP contribution >= 0.6 is 0 Å². The molecule has 5 rings (SSSR count). The molecule has 9 nitrogen and oxygen atoms in total. The smallest absolute Gasteiger partial charge is 0.422 e. The first-order valence-electron chi connectivity index (χ1n) is 12.0. The zero-order valence-electron chi connectivity index (χ0n) is 21.1. The summed E-state index contributed by atoms with van der Waals surface area (Å²) in [6.07, 6.45) is -2.27. The van der Waals surface area contributed by atoms with E-state index in [1.807, 2.05) is 19.1 Å². The Morgan fingerprint density at radius 3 is 2.59 bits per heavy atom. The SMILES string of the molecule is Cc1ccc(-n2nc3c(c2NC(=O)CS(C)(=O)=O)C(=O)N[C@@]2(CCc4cc(OCC(F)(F)F)ccc42)C3)cc1. The van der Waals surface area contributed by atoms with Crippen LogP contribution in [0, 0.1) is 6.92 Å². The van der Waals surface area contributed by atoms with Crippen LogP contribution in [0.4, 0.5) is 19.0 Å². The third-order valence-electron chi connectivity index (χ3n) is 6.75. The minimum Gasteiger partial charge on any atom is -0.484 e. The fraction of sp³-hybridized carbons (Fsp3) is 0.346. The Morgan fingerprint density at radius 2 is 1.92 bits per heavy atom. The second-order valence-corrected chi connectivity index (χ2v) is 12.1. The summed E-state index contributed by atoms with van der Waals surface area (Å²) in [5.74, 6) is -1.93. The number of anilines is 1. The van der Waals surface area contributed by atoms with Crippen molar-refractivity contribution < 1.29 is 35.9 Å². The van der Waals surface area contributed by atoms with Gasteiger partial charge in [-0.2, -0.15) is 18.3 Å². The molecule has 0 saturated carbocycles. The van der Waals surface area contributed by atoms with Crippen LogP contribution in [0.3, 0.4) is 0 Å². The quantitative estimate of drug-likeness (QED) is 0.476. The molecule has 0 radical (unpaired) electrons. The molecular formula is C26H25F3N4O5S. The van der Waals surface area contributed by atoms with Gasteiger partial charge >= 0.3 is 6.18 Å². The van der Waals surface area contributed by atoms with Gasteiger partial charge in [0.2, 0.25) is 5.91 Å². The van der Waals surface area contributed by atoms with Gasteiger partial charge in [-0.25, -0.2) is 13.1 Å². The van der Waals surface area contributed by atoms with Crippen LogP contribution < -0.4 is 15.4 Å². The molecule has 1 aliphatic heterocycles. The Bertz CT molecular complexity index is 1580. The third kappa shape index (κ3) is 5.49. The summed E-state index contributed by atoms with van der Waals surface area (Å²) in [4.78, 5) is 26.1. The first-order valence-corrected chi connectivity index (χ1v) is 14.1. The molecule has 206 valence electrons. The van der Waals surface area contributed by atoms with Crippen molar-refractivity contribution in [3.05, 3.63) is 70.4 Å². The zero-order valence-corrected chi connectivity index (χ0v) is 21.9. The number of carbonyl (C=O) groups excluding carboxylic acids is 2. The normalized spacial score (nSPS) is 18.4. The van der Waals surface area contributed by atoms with Crippen LogP contribution in [0.15, 0.2) is 42.5 Å². The van der Waals surface area contributed by atoms with Gasteiger partial charge in [-0.05, 0) is 55.2 Å². The van der Waals surface area contributed by atoms with Gasteiger partial charge in [-0.15, -0.1) is 0 Å². The van der Waals surface area contributed by atoms with E-state index in [2.05, 4.69) is 15.7 Å². The Balaban J connectivity index is 1.52. The molecule has 2 heterocycles. The van der Waals surface area contributed by atoms with Crippen LogP contribution in [0.25, 0.3) is 5.69 Å². The van der Waals surface area contributed by atoms with E-state index in [1.54, 1.807) is 24.3 Å². The highest BCUT2D eigenvalue weighted by Gasteiger charge is 2.47. The highest BCUT2D eigenvalue weighted by Crippen LogP contribution is 2.44. The topological polar surface area (TPSA) is 119 Å². The number of carbonyl (C=O) groups is 2. The minimum absolute atomic E-state index is 0.0592. The molecular weight excluding hydrogens is 537 g/mol. The van der Waals surface area contributed by atoms with Crippen molar-refractivity contribution in [2.75, 3.05) is 23.9 Å². The summed E-state index contributed by atoms with van der Waals surface area (Å²) < 4.78 is 67.4. The number of hydrogen-bond acceptors (Lipinski definition) is 6. The standard InChI is InChI=1S/C26H25F3N4O5S/c1-15-3-5-17(6-4-15)33-23(30-21(34)13-39(2,36)37)22-20(32-33)12-25(31-24(22)35)10-9-16-11-18(7-8-19(16)25)38-14-26(27,28)29/h3-8,11H,9-10,12-14H2,1-2H3,(H,30,34)(H,31,35)/t25-/m0/s1. The van der Waals surface area contributed by atoms with Gasteiger partial charge in [0.05, 0.1) is 16.9 Å². The summed E-state index contributed by atoms with van der Waals surface area (Å²) in [6.45, 7) is 0.502. The van der Waals surface area contributed by atoms with Crippen molar-refractivity contribution in [2.24, 2.45) is 0 Å². The van der Waals surface area contributed by atoms with E-state index in [0.29, 0.717) is 24.2 Å². The van der Waals surface area contributed by atoms with E-state index in [9.17, 15) is 31.2 Å². The number of aryl methyl sites for hydroxylation is 2. The Hall–Kier alpha value is -3.87. The Labute approximate surface area is 222 Å². The van der Waals surface area contributed by atoms with Crippen LogP contribution in [0.1, 0.15) is 39.2 Å². The van der Waals surface area contributed by atoms with Crippen LogP contribution in [0.2, 0.25) is 0 Å². The lowest BCUT2D eigenvalue weighted by Gasteiger charge is -2.35. The average molecular weight is 563 g/mol. The highest BCUT2D eigenvalue weighted by atomic mass is 32.2. The highest BCUT2D eigenvalue weighted by molar-refractivity contribution is 7.91. The monoisotopic (exact) mass is 562 g/mol. The molecule has 2 aromatic carbocycles. The molecule has 39 heavy (non-hydrogen) atoms. The molecule has 1 aromatic heterocycles. The Kier molecular flexibility index (Phi) is 6.44. The number of ether oxygens (including phenoxy) is 1. The number of alkyl halides is 3. The first kappa shape index (κ1) is 26.7. The maximum absolute atomic E-state index is 13.5. The number of nitrogens with one attached hydrogen (secondary N) is 2. The number of halogens is 3. The molecule has 1 aliphatic carbocycles. The van der Waals surface area contributed by atoms with Crippen molar-refractivity contribution in [2.45, 2.75) is 37.9 Å². The van der Waals surface area contributed by atoms with E-state index in [4.69, 9.17) is 4.74 Å². The molecule has 3 aromatic rings. The van der Waals surface area contributed by atoms with E-state index in [0.717, 1.165) is 22.9 Å². The average Bonchev–Trinajstić information content (AvgIpc) is 3.35. The molecule has 0 saturated heterocycles. The largest absolute Gasteiger partial charge is 0.484 e. The number of hydrogen-bond donors (Lipinski definition) is 2. The molecule has 2 amide bonds. The maximum atomic E-state index is 13.5. The summed E-state index contributed by atoms with van der Waals surface area (Å²) in [5, 5.41) is 10.3. The lowest BCUT2D eigenvalue weighted by Crippen LogP contribution is -2.49. The minimum atomic E-state index is -4.46. The van der Waals surface area contributed by atoms with Crippen LogP contribution in [0.5, 0.6) is 5.75 Å². The van der Waals surface area contributed by atoms with Crippen molar-refractivity contribution in [1.29, 1.82) is 0 Å². The van der Waals surface area contributed by atoms with Crippen molar-refractivity contribution in [3.63, 3.8) is 0 Å². The van der Waals surface area contributed by atoms with Gasteiger partial charge in [0.1, 0.15) is 22.9 Å². The number of fused-ring (bicyclic) bond motifs is 3. The summed E-state index contributed by atoms with van der Waals surface area (Å²) in [7, 11) is -3.63. The van der Waals surface area contributed by atoms with Gasteiger partial charge < -0.3 is 15.4 Å². The molecule has 2 aliphatic rings. The Morgan fingerprint density at radius 1 is 1.21 bits per heavy atom. The summed E-state index contributed by atoms with van der Waals surface area (Å²) in [6, 6.07) is 11.9. The summed E-state index contributed by atoms with van der Waals surface area (Å²) >= 11 is 0. The van der Waals surface area contributed by atoms with E-state index < -0.39 is 45.7 Å². The second kappa shape index (κ2) is 9.40. The number of sulfone groups is 1. The van der Waals surface area contributed by atoms with Gasteiger partial charge in [0.15, 0.2) is 16.4 Å². The number of benzene rings is 2. The van der Waals surface area contributed by atoms with Crippen LogP contribution in [-0.2, 0) is 33.0 Å². The molecule has 0 unspecified atom stereocenters. The lowest BCUT2D eigenvalue weighted by atomic mass is 9.82. The number of nitrogens with zero attached hydrogens (tertiary/aromatic N) is 2. The maximum Gasteiger partial charge on any atom is 0.422 e. The van der Waals surface area contributed by atoms with E-state index >= 15 is 0 Å². The number of rotatable bonds is 6. The molecule has 13 heteroatoms. The van der Waals surface area contributed by atoms with E-state index in [-0.39, 0.29) is 23.6 Å². The number of amides is 2. The predicted molar refractivity (Wildman–Crippen MR) is 136 cm³/mol.